The third-order valence-corrected chi connectivity index (χ3v) is 8.36. The van der Waals surface area contributed by atoms with E-state index in [0.29, 0.717) is 5.02 Å². The van der Waals surface area contributed by atoms with E-state index in [4.69, 9.17) is 23.2 Å². The Morgan fingerprint density at radius 1 is 0.971 bits per heavy atom. The summed E-state index contributed by atoms with van der Waals surface area (Å²) < 4.78 is 28.0. The van der Waals surface area contributed by atoms with E-state index < -0.39 is 22.5 Å². The summed E-state index contributed by atoms with van der Waals surface area (Å²) in [6.45, 7) is 1.47. The zero-order valence-electron chi connectivity index (χ0n) is 18.8. The van der Waals surface area contributed by atoms with Crippen molar-refractivity contribution in [2.75, 3.05) is 10.8 Å². The van der Waals surface area contributed by atoms with Crippen LogP contribution in [0.3, 0.4) is 0 Å². The first-order valence-corrected chi connectivity index (χ1v) is 13.4. The van der Waals surface area contributed by atoms with Crippen molar-refractivity contribution in [1.29, 1.82) is 0 Å². The molecule has 1 aliphatic rings. The highest BCUT2D eigenvalue weighted by atomic mass is 35.5. The minimum Gasteiger partial charge on any atom is -0.348 e. The maximum Gasteiger partial charge on any atom is 0.264 e. The lowest BCUT2D eigenvalue weighted by molar-refractivity contribution is -0.120. The third kappa shape index (κ3) is 5.40. The first-order valence-electron chi connectivity index (χ1n) is 11.2. The number of rotatable bonds is 7. The smallest absolute Gasteiger partial charge is 0.264 e. The second-order valence-corrected chi connectivity index (χ2v) is 11.2. The Hall–Kier alpha value is -2.54. The Balaban J connectivity index is 1.59. The number of aryl methyl sites for hydroxylation is 2. The van der Waals surface area contributed by atoms with Gasteiger partial charge in [-0.25, -0.2) is 8.42 Å². The standard InChI is InChI=1S/C26H26Cl2N2O3S/c1-18(20-12-11-19-7-5-6-8-21(19)15-20)29-26(31)17-30(25-14-13-22(27)16-24(25)28)34(32,33)23-9-3-2-4-10-23/h2-4,9-16,18H,5-8,17H2,1H3,(H,29,31)/t18-/m1/s1. The van der Waals surface area contributed by atoms with Gasteiger partial charge in [0.05, 0.1) is 21.6 Å². The molecule has 0 saturated heterocycles. The summed E-state index contributed by atoms with van der Waals surface area (Å²) in [6.07, 6.45) is 4.51. The molecule has 1 amide bonds. The Kier molecular flexibility index (Phi) is 7.51. The topological polar surface area (TPSA) is 66.5 Å². The number of amides is 1. The normalized spacial score (nSPS) is 14.2. The molecule has 0 aromatic heterocycles. The number of hydrogen-bond acceptors (Lipinski definition) is 3. The number of halogens is 2. The molecular formula is C26H26Cl2N2O3S. The Morgan fingerprint density at radius 2 is 1.68 bits per heavy atom. The van der Waals surface area contributed by atoms with Crippen LogP contribution in [0.1, 0.15) is 42.5 Å². The highest BCUT2D eigenvalue weighted by Crippen LogP contribution is 2.33. The first kappa shape index (κ1) is 24.6. The van der Waals surface area contributed by atoms with E-state index in [1.807, 2.05) is 13.0 Å². The van der Waals surface area contributed by atoms with Crippen LogP contribution < -0.4 is 9.62 Å². The number of carbonyl (C=O) groups excluding carboxylic acids is 1. The average molecular weight is 517 g/mol. The van der Waals surface area contributed by atoms with E-state index in [1.165, 1.54) is 48.2 Å². The molecule has 3 aromatic carbocycles. The van der Waals surface area contributed by atoms with Gasteiger partial charge in [-0.15, -0.1) is 0 Å². The van der Waals surface area contributed by atoms with Crippen molar-refractivity contribution < 1.29 is 13.2 Å². The lowest BCUT2D eigenvalue weighted by atomic mass is 9.89. The summed E-state index contributed by atoms with van der Waals surface area (Å²) in [5.41, 5.74) is 3.87. The summed E-state index contributed by atoms with van der Waals surface area (Å²) >= 11 is 12.4. The van der Waals surface area contributed by atoms with E-state index in [-0.39, 0.29) is 21.6 Å². The number of nitrogens with zero attached hydrogens (tertiary/aromatic N) is 1. The average Bonchev–Trinajstić information content (AvgIpc) is 2.83. The largest absolute Gasteiger partial charge is 0.348 e. The van der Waals surface area contributed by atoms with Gasteiger partial charge < -0.3 is 5.32 Å². The van der Waals surface area contributed by atoms with Gasteiger partial charge >= 0.3 is 0 Å². The molecule has 4 rings (SSSR count). The van der Waals surface area contributed by atoms with Crippen LogP contribution in [0, 0.1) is 0 Å². The fourth-order valence-corrected chi connectivity index (χ4v) is 6.25. The molecule has 0 bridgehead atoms. The van der Waals surface area contributed by atoms with E-state index >= 15 is 0 Å². The molecule has 0 aliphatic heterocycles. The number of carbonyl (C=O) groups is 1. The van der Waals surface area contributed by atoms with Gasteiger partial charge in [-0.1, -0.05) is 59.6 Å². The van der Waals surface area contributed by atoms with Crippen molar-refractivity contribution in [2.24, 2.45) is 0 Å². The van der Waals surface area contributed by atoms with Gasteiger partial charge in [-0.05, 0) is 79.6 Å². The zero-order chi connectivity index (χ0) is 24.3. The van der Waals surface area contributed by atoms with E-state index in [1.54, 1.807) is 24.3 Å². The molecule has 0 unspecified atom stereocenters. The molecule has 0 saturated carbocycles. The molecule has 0 fully saturated rings. The van der Waals surface area contributed by atoms with Crippen LogP contribution in [-0.2, 0) is 27.7 Å². The fraction of sp³-hybridized carbons (Fsp3) is 0.269. The Bertz CT molecular complexity index is 1300. The molecular weight excluding hydrogens is 491 g/mol. The Labute approximate surface area is 210 Å². The maximum absolute atomic E-state index is 13.5. The van der Waals surface area contributed by atoms with Crippen LogP contribution in [-0.4, -0.2) is 20.9 Å². The number of anilines is 1. The molecule has 5 nitrogen and oxygen atoms in total. The molecule has 3 aromatic rings. The van der Waals surface area contributed by atoms with Gasteiger partial charge in [0.1, 0.15) is 6.54 Å². The van der Waals surface area contributed by atoms with Crippen LogP contribution in [0.25, 0.3) is 0 Å². The molecule has 0 radical (unpaired) electrons. The summed E-state index contributed by atoms with van der Waals surface area (Å²) in [6, 6.07) is 18.5. The maximum atomic E-state index is 13.5. The van der Waals surface area contributed by atoms with Gasteiger partial charge in [0, 0.05) is 5.02 Å². The highest BCUT2D eigenvalue weighted by Gasteiger charge is 2.29. The molecule has 178 valence electrons. The van der Waals surface area contributed by atoms with Gasteiger partial charge in [0.25, 0.3) is 10.0 Å². The van der Waals surface area contributed by atoms with Crippen molar-refractivity contribution in [3.63, 3.8) is 0 Å². The molecule has 1 atom stereocenters. The van der Waals surface area contributed by atoms with Gasteiger partial charge in [-0.3, -0.25) is 9.10 Å². The second kappa shape index (κ2) is 10.4. The summed E-state index contributed by atoms with van der Waals surface area (Å²) in [5, 5.41) is 3.46. The number of nitrogens with one attached hydrogen (secondary N) is 1. The molecule has 8 heteroatoms. The molecule has 0 spiro atoms. The molecule has 1 aliphatic carbocycles. The third-order valence-electron chi connectivity index (χ3n) is 6.05. The number of fused-ring (bicyclic) bond motifs is 1. The first-order chi connectivity index (χ1) is 16.3. The van der Waals surface area contributed by atoms with E-state index in [0.717, 1.165) is 22.7 Å². The summed E-state index contributed by atoms with van der Waals surface area (Å²) in [5.74, 6) is -0.434. The van der Waals surface area contributed by atoms with Crippen molar-refractivity contribution in [3.05, 3.63) is 93.5 Å². The monoisotopic (exact) mass is 516 g/mol. The van der Waals surface area contributed by atoms with Gasteiger partial charge in [0.15, 0.2) is 0 Å². The molecule has 1 N–H and O–H groups in total. The van der Waals surface area contributed by atoms with Crippen molar-refractivity contribution in [3.8, 4) is 0 Å². The summed E-state index contributed by atoms with van der Waals surface area (Å²) in [7, 11) is -4.05. The SMILES string of the molecule is C[C@@H](NC(=O)CN(c1ccc(Cl)cc1Cl)S(=O)(=O)c1ccccc1)c1ccc2c(c1)CCCC2. The number of benzene rings is 3. The highest BCUT2D eigenvalue weighted by molar-refractivity contribution is 7.92. The minimum absolute atomic E-state index is 0.0663. The van der Waals surface area contributed by atoms with Crippen LogP contribution in [0.2, 0.25) is 10.0 Å². The quantitative estimate of drug-likeness (QED) is 0.422. The zero-order valence-corrected chi connectivity index (χ0v) is 21.1. The van der Waals surface area contributed by atoms with E-state index in [9.17, 15) is 13.2 Å². The fourth-order valence-electron chi connectivity index (χ4n) is 4.23. The van der Waals surface area contributed by atoms with Crippen LogP contribution in [0.5, 0.6) is 0 Å². The lowest BCUT2D eigenvalue weighted by Gasteiger charge is -2.26. The Morgan fingerprint density at radius 3 is 2.38 bits per heavy atom. The number of hydrogen-bond donors (Lipinski definition) is 1. The van der Waals surface area contributed by atoms with Gasteiger partial charge in [0.2, 0.25) is 5.91 Å². The molecule has 0 heterocycles. The summed E-state index contributed by atoms with van der Waals surface area (Å²) in [4.78, 5) is 13.1. The lowest BCUT2D eigenvalue weighted by Crippen LogP contribution is -2.41. The molecule has 34 heavy (non-hydrogen) atoms. The van der Waals surface area contributed by atoms with Crippen LogP contribution >= 0.6 is 23.2 Å². The number of sulfonamides is 1. The van der Waals surface area contributed by atoms with Crippen molar-refractivity contribution in [1.82, 2.24) is 5.32 Å². The predicted molar refractivity (Wildman–Crippen MR) is 137 cm³/mol. The van der Waals surface area contributed by atoms with Crippen LogP contribution in [0.15, 0.2) is 71.6 Å². The second-order valence-electron chi connectivity index (χ2n) is 8.44. The predicted octanol–water partition coefficient (Wildman–Crippen LogP) is 5.94. The van der Waals surface area contributed by atoms with Gasteiger partial charge in [-0.2, -0.15) is 0 Å². The van der Waals surface area contributed by atoms with Crippen molar-refractivity contribution >= 4 is 44.8 Å². The minimum atomic E-state index is -4.05. The van der Waals surface area contributed by atoms with Crippen LogP contribution in [0.4, 0.5) is 5.69 Å². The van der Waals surface area contributed by atoms with Crippen molar-refractivity contribution in [2.45, 2.75) is 43.5 Å². The van der Waals surface area contributed by atoms with E-state index in [2.05, 4.69) is 17.4 Å².